The van der Waals surface area contributed by atoms with E-state index >= 15 is 0 Å². The summed E-state index contributed by atoms with van der Waals surface area (Å²) >= 11 is 1.61. The van der Waals surface area contributed by atoms with Gasteiger partial charge in [0.2, 0.25) is 5.91 Å². The Hall–Kier alpha value is -3.12. The van der Waals surface area contributed by atoms with Crippen LogP contribution in [0.15, 0.2) is 78.9 Å². The zero-order chi connectivity index (χ0) is 21.6. The molecule has 1 saturated heterocycles. The quantitative estimate of drug-likeness (QED) is 0.593. The fourth-order valence-electron chi connectivity index (χ4n) is 3.55. The molecule has 0 bridgehead atoms. The lowest BCUT2D eigenvalue weighted by atomic mass is 10.1. The third-order valence-corrected chi connectivity index (χ3v) is 6.49. The van der Waals surface area contributed by atoms with Crippen LogP contribution >= 0.6 is 11.8 Å². The van der Waals surface area contributed by atoms with Gasteiger partial charge < -0.3 is 10.2 Å². The van der Waals surface area contributed by atoms with Crippen LogP contribution in [0.25, 0.3) is 0 Å². The average Bonchev–Trinajstić information content (AvgIpc) is 3.16. The largest absolute Gasteiger partial charge is 0.352 e. The lowest BCUT2D eigenvalue weighted by molar-refractivity contribution is -0.128. The highest BCUT2D eigenvalue weighted by Crippen LogP contribution is 2.39. The monoisotopic (exact) mass is 434 g/mol. The Morgan fingerprint density at radius 2 is 1.68 bits per heavy atom. The number of amides is 2. The van der Waals surface area contributed by atoms with Gasteiger partial charge in [-0.2, -0.15) is 0 Å². The molecule has 1 aliphatic rings. The van der Waals surface area contributed by atoms with Crippen LogP contribution in [0.1, 0.15) is 32.4 Å². The first kappa shape index (κ1) is 21.1. The number of nitrogens with zero attached hydrogens (tertiary/aromatic N) is 1. The third kappa shape index (κ3) is 5.33. The number of benzene rings is 3. The lowest BCUT2D eigenvalue weighted by Gasteiger charge is -2.24. The number of carbonyl (C=O) groups is 2. The van der Waals surface area contributed by atoms with E-state index in [9.17, 15) is 14.0 Å². The summed E-state index contributed by atoms with van der Waals surface area (Å²) < 4.78 is 13.0. The molecule has 1 N–H and O–H groups in total. The number of thioether (sulfide) groups is 1. The highest BCUT2D eigenvalue weighted by Gasteiger charge is 2.32. The van der Waals surface area contributed by atoms with Gasteiger partial charge in [0.1, 0.15) is 11.2 Å². The van der Waals surface area contributed by atoms with Crippen molar-refractivity contribution >= 4 is 23.6 Å². The number of carbonyl (C=O) groups excluding carboxylic acids is 2. The topological polar surface area (TPSA) is 49.4 Å². The van der Waals surface area contributed by atoms with E-state index in [4.69, 9.17) is 0 Å². The Labute approximate surface area is 185 Å². The average molecular weight is 435 g/mol. The molecule has 0 saturated carbocycles. The van der Waals surface area contributed by atoms with Gasteiger partial charge in [-0.3, -0.25) is 9.59 Å². The normalized spacial score (nSPS) is 15.8. The molecule has 158 valence electrons. The van der Waals surface area contributed by atoms with Gasteiger partial charge in [0.05, 0.1) is 5.75 Å². The SMILES string of the molecule is O=C(NCCc1ccc(F)cc1)c1ccc([C@@H]2SCC(=O)N2Cc2ccccc2)cc1. The zero-order valence-electron chi connectivity index (χ0n) is 17.0. The number of hydrogen-bond donors (Lipinski definition) is 1. The van der Waals surface area contributed by atoms with E-state index in [1.54, 1.807) is 36.0 Å². The van der Waals surface area contributed by atoms with Gasteiger partial charge in [0, 0.05) is 18.7 Å². The van der Waals surface area contributed by atoms with Crippen LogP contribution in [0, 0.1) is 5.82 Å². The van der Waals surface area contributed by atoms with E-state index in [1.165, 1.54) is 12.1 Å². The molecule has 31 heavy (non-hydrogen) atoms. The van der Waals surface area contributed by atoms with Crippen molar-refractivity contribution in [3.05, 3.63) is 107 Å². The fraction of sp³-hybridized carbons (Fsp3) is 0.200. The van der Waals surface area contributed by atoms with E-state index < -0.39 is 0 Å². The second kappa shape index (κ2) is 9.79. The summed E-state index contributed by atoms with van der Waals surface area (Å²) in [7, 11) is 0. The minimum Gasteiger partial charge on any atom is -0.352 e. The summed E-state index contributed by atoms with van der Waals surface area (Å²) in [5.74, 6) is 0.173. The van der Waals surface area contributed by atoms with Crippen molar-refractivity contribution in [2.75, 3.05) is 12.3 Å². The van der Waals surface area contributed by atoms with Crippen molar-refractivity contribution in [3.63, 3.8) is 0 Å². The Bertz CT molecular complexity index is 1040. The van der Waals surface area contributed by atoms with E-state index in [2.05, 4.69) is 5.32 Å². The third-order valence-electron chi connectivity index (χ3n) is 5.23. The Morgan fingerprint density at radius 3 is 2.39 bits per heavy atom. The Kier molecular flexibility index (Phi) is 6.67. The molecule has 1 atom stereocenters. The smallest absolute Gasteiger partial charge is 0.251 e. The van der Waals surface area contributed by atoms with Gasteiger partial charge >= 0.3 is 0 Å². The molecular weight excluding hydrogens is 411 g/mol. The van der Waals surface area contributed by atoms with Crippen LogP contribution in [0.4, 0.5) is 4.39 Å². The summed E-state index contributed by atoms with van der Waals surface area (Å²) in [6, 6.07) is 23.7. The molecule has 0 radical (unpaired) electrons. The van der Waals surface area contributed by atoms with Crippen molar-refractivity contribution in [2.24, 2.45) is 0 Å². The van der Waals surface area contributed by atoms with Crippen LogP contribution in [0.3, 0.4) is 0 Å². The first-order valence-corrected chi connectivity index (χ1v) is 11.2. The summed E-state index contributed by atoms with van der Waals surface area (Å²) in [6.45, 7) is 1.05. The molecule has 3 aromatic carbocycles. The Morgan fingerprint density at radius 1 is 0.968 bits per heavy atom. The maximum Gasteiger partial charge on any atom is 0.251 e. The molecule has 1 aliphatic heterocycles. The van der Waals surface area contributed by atoms with Crippen molar-refractivity contribution in [2.45, 2.75) is 18.3 Å². The van der Waals surface area contributed by atoms with Crippen molar-refractivity contribution in [3.8, 4) is 0 Å². The second-order valence-corrected chi connectivity index (χ2v) is 8.49. The molecule has 0 unspecified atom stereocenters. The van der Waals surface area contributed by atoms with Crippen molar-refractivity contribution < 1.29 is 14.0 Å². The predicted molar refractivity (Wildman–Crippen MR) is 121 cm³/mol. The molecule has 4 rings (SSSR count). The summed E-state index contributed by atoms with van der Waals surface area (Å²) in [5, 5.41) is 2.84. The molecular formula is C25H23FN2O2S. The summed E-state index contributed by atoms with van der Waals surface area (Å²) in [6.07, 6.45) is 0.638. The number of halogens is 1. The molecule has 1 fully saturated rings. The minimum absolute atomic E-state index is 0.0525. The molecule has 0 aliphatic carbocycles. The van der Waals surface area contributed by atoms with E-state index in [-0.39, 0.29) is 23.0 Å². The number of hydrogen-bond acceptors (Lipinski definition) is 3. The van der Waals surface area contributed by atoms with Crippen LogP contribution in [-0.4, -0.2) is 29.0 Å². The first-order chi connectivity index (χ1) is 15.1. The number of nitrogens with one attached hydrogen (secondary N) is 1. The molecule has 1 heterocycles. The molecule has 0 spiro atoms. The molecule has 3 aromatic rings. The van der Waals surface area contributed by atoms with Crippen molar-refractivity contribution in [1.29, 1.82) is 0 Å². The van der Waals surface area contributed by atoms with Crippen LogP contribution in [0.2, 0.25) is 0 Å². The van der Waals surface area contributed by atoms with E-state index in [0.717, 1.165) is 16.7 Å². The van der Waals surface area contributed by atoms with E-state index in [0.29, 0.717) is 30.8 Å². The Balaban J connectivity index is 1.36. The lowest BCUT2D eigenvalue weighted by Crippen LogP contribution is -2.28. The van der Waals surface area contributed by atoms with Gasteiger partial charge in [-0.1, -0.05) is 54.6 Å². The molecule has 2 amide bonds. The van der Waals surface area contributed by atoms with Crippen LogP contribution in [0.5, 0.6) is 0 Å². The second-order valence-electron chi connectivity index (χ2n) is 7.42. The number of rotatable bonds is 7. The molecule has 0 aromatic heterocycles. The maximum atomic E-state index is 13.0. The highest BCUT2D eigenvalue weighted by atomic mass is 32.2. The van der Waals surface area contributed by atoms with Gasteiger partial charge in [-0.05, 0) is 47.4 Å². The molecule has 6 heteroatoms. The minimum atomic E-state index is -0.266. The first-order valence-electron chi connectivity index (χ1n) is 10.2. The molecule has 4 nitrogen and oxygen atoms in total. The fourth-order valence-corrected chi connectivity index (χ4v) is 4.74. The summed E-state index contributed by atoms with van der Waals surface area (Å²) in [5.41, 5.74) is 3.65. The van der Waals surface area contributed by atoms with Gasteiger partial charge in [-0.25, -0.2) is 4.39 Å². The van der Waals surface area contributed by atoms with Gasteiger partial charge in [0.15, 0.2) is 0 Å². The summed E-state index contributed by atoms with van der Waals surface area (Å²) in [4.78, 5) is 26.7. The van der Waals surface area contributed by atoms with Gasteiger partial charge in [-0.15, -0.1) is 11.8 Å². The van der Waals surface area contributed by atoms with Crippen LogP contribution in [-0.2, 0) is 17.8 Å². The standard InChI is InChI=1S/C25H23FN2O2S/c26-22-12-6-18(7-13-22)14-15-27-24(30)20-8-10-21(11-9-20)25-28(23(29)17-31-25)16-19-4-2-1-3-5-19/h1-13,25H,14-17H2,(H,27,30)/t25-/m0/s1. The van der Waals surface area contributed by atoms with Crippen molar-refractivity contribution in [1.82, 2.24) is 10.2 Å². The van der Waals surface area contributed by atoms with Gasteiger partial charge in [0.25, 0.3) is 5.91 Å². The maximum absolute atomic E-state index is 13.0. The van der Waals surface area contributed by atoms with Crippen LogP contribution < -0.4 is 5.32 Å². The zero-order valence-corrected chi connectivity index (χ0v) is 17.8. The predicted octanol–water partition coefficient (Wildman–Crippen LogP) is 4.57. The van der Waals surface area contributed by atoms with E-state index in [1.807, 2.05) is 47.4 Å². The highest BCUT2D eigenvalue weighted by molar-refractivity contribution is 8.00.